The highest BCUT2D eigenvalue weighted by Crippen LogP contribution is 2.37. The molecule has 2 heterocycles. The molecular formula is C18H18FN5O3. The highest BCUT2D eigenvalue weighted by molar-refractivity contribution is 6.00. The first-order valence-electron chi connectivity index (χ1n) is 9.42. The van der Waals surface area contributed by atoms with Crippen LogP contribution in [0.5, 0.6) is 5.75 Å². The van der Waals surface area contributed by atoms with Crippen molar-refractivity contribution in [1.82, 2.24) is 20.4 Å². The molecule has 1 aromatic carbocycles. The van der Waals surface area contributed by atoms with Crippen molar-refractivity contribution in [3.05, 3.63) is 48.1 Å². The Bertz CT molecular complexity index is 1040. The summed E-state index contributed by atoms with van der Waals surface area (Å²) in [6, 6.07) is 6.61. The summed E-state index contributed by atoms with van der Waals surface area (Å²) in [5, 5.41) is 8.82. The van der Waals surface area contributed by atoms with Crippen LogP contribution in [0.2, 0.25) is 0 Å². The molecule has 2 N–H and O–H groups in total. The highest BCUT2D eigenvalue weighted by Gasteiger charge is 2.18. The van der Waals surface area contributed by atoms with Crippen LogP contribution in [-0.4, -0.2) is 41.8 Å². The van der Waals surface area contributed by atoms with Crippen LogP contribution < -0.4 is 15.4 Å². The monoisotopic (exact) mass is 374 g/mol. The van der Waals surface area contributed by atoms with Crippen LogP contribution in [0.4, 0.5) is 15.8 Å². The second kappa shape index (κ2) is 8.26. The number of alkyl halides is 1. The van der Waals surface area contributed by atoms with E-state index in [9.17, 15) is 9.18 Å². The average molecular weight is 374 g/mol. The number of methoxy groups -OCH3 is 1. The fourth-order valence-corrected chi connectivity index (χ4v) is 2.47. The number of hydrogen-bond donors (Lipinski definition) is 2. The Balaban J connectivity index is 1.95. The van der Waals surface area contributed by atoms with Gasteiger partial charge in [0.15, 0.2) is 5.75 Å². The van der Waals surface area contributed by atoms with Gasteiger partial charge in [0.25, 0.3) is 5.91 Å². The van der Waals surface area contributed by atoms with Gasteiger partial charge in [0.2, 0.25) is 11.7 Å². The number of ether oxygens (including phenoxy) is 1. The van der Waals surface area contributed by atoms with Gasteiger partial charge in [-0.25, -0.2) is 0 Å². The van der Waals surface area contributed by atoms with Gasteiger partial charge < -0.3 is 19.9 Å². The Kier molecular flexibility index (Phi) is 4.48. The lowest BCUT2D eigenvalue weighted by molar-refractivity contribution is 0.0963. The smallest absolute Gasteiger partial charge is 0.254 e. The van der Waals surface area contributed by atoms with Crippen molar-refractivity contribution in [1.29, 1.82) is 0 Å². The van der Waals surface area contributed by atoms with Gasteiger partial charge in [0, 0.05) is 23.5 Å². The zero-order chi connectivity index (χ0) is 21.7. The van der Waals surface area contributed by atoms with E-state index in [-0.39, 0.29) is 23.7 Å². The summed E-state index contributed by atoms with van der Waals surface area (Å²) < 4.78 is 44.7. The van der Waals surface area contributed by atoms with Crippen molar-refractivity contribution in [2.45, 2.75) is 6.42 Å². The normalized spacial score (nSPS) is 12.6. The maximum atomic E-state index is 12.5. The maximum Gasteiger partial charge on any atom is 0.254 e. The third-order valence-corrected chi connectivity index (χ3v) is 3.69. The number of pyridine rings is 1. The number of halogens is 1. The molecule has 0 radical (unpaired) electrons. The SMILES string of the molecule is [2H]C([2H])([2H])NC(=O)c1cnccc1Nc1cccc(-c2noc(CCF)n2)c1OC. The summed E-state index contributed by atoms with van der Waals surface area (Å²) in [6.07, 6.45) is 2.71. The van der Waals surface area contributed by atoms with Crippen LogP contribution in [0.3, 0.4) is 0 Å². The van der Waals surface area contributed by atoms with Gasteiger partial charge in [-0.3, -0.25) is 14.2 Å². The molecule has 3 rings (SSSR count). The minimum absolute atomic E-state index is 0.00618. The Hall–Kier alpha value is -3.49. The number of anilines is 2. The minimum Gasteiger partial charge on any atom is -0.494 e. The highest BCUT2D eigenvalue weighted by atomic mass is 19.1. The lowest BCUT2D eigenvalue weighted by Crippen LogP contribution is -2.19. The second-order valence-electron chi connectivity index (χ2n) is 5.34. The molecule has 0 spiro atoms. The van der Waals surface area contributed by atoms with Gasteiger partial charge in [0.05, 0.1) is 42.7 Å². The first-order valence-corrected chi connectivity index (χ1v) is 7.92. The predicted octanol–water partition coefficient (Wildman–Crippen LogP) is 2.76. The fraction of sp³-hybridized carbons (Fsp3) is 0.222. The van der Waals surface area contributed by atoms with Crippen molar-refractivity contribution in [3.8, 4) is 17.1 Å². The third kappa shape index (κ3) is 3.86. The van der Waals surface area contributed by atoms with E-state index >= 15 is 0 Å². The van der Waals surface area contributed by atoms with E-state index in [2.05, 4.69) is 20.4 Å². The Morgan fingerprint density at radius 2 is 2.26 bits per heavy atom. The number of aromatic nitrogens is 3. The molecular weight excluding hydrogens is 353 g/mol. The zero-order valence-electron chi connectivity index (χ0n) is 17.3. The molecule has 3 aromatic rings. The molecule has 0 unspecified atom stereocenters. The number of rotatable bonds is 7. The van der Waals surface area contributed by atoms with Gasteiger partial charge in [-0.1, -0.05) is 11.2 Å². The van der Waals surface area contributed by atoms with E-state index in [0.29, 0.717) is 22.7 Å². The minimum atomic E-state index is -2.64. The van der Waals surface area contributed by atoms with Crippen molar-refractivity contribution >= 4 is 17.3 Å². The van der Waals surface area contributed by atoms with Crippen molar-refractivity contribution in [3.63, 3.8) is 0 Å². The number of nitrogens with zero attached hydrogens (tertiary/aromatic N) is 3. The number of benzene rings is 1. The molecule has 0 aliphatic carbocycles. The molecule has 0 saturated heterocycles. The zero-order valence-corrected chi connectivity index (χ0v) is 14.3. The van der Waals surface area contributed by atoms with Crippen molar-refractivity contribution in [2.75, 3.05) is 26.1 Å². The topological polar surface area (TPSA) is 102 Å². The number of amides is 1. The van der Waals surface area contributed by atoms with Crippen LogP contribution in [-0.2, 0) is 6.42 Å². The second-order valence-corrected chi connectivity index (χ2v) is 5.34. The van der Waals surface area contributed by atoms with Crippen LogP contribution in [0.25, 0.3) is 11.4 Å². The summed E-state index contributed by atoms with van der Waals surface area (Å²) >= 11 is 0. The van der Waals surface area contributed by atoms with Gasteiger partial charge in [-0.05, 0) is 18.2 Å². The largest absolute Gasteiger partial charge is 0.494 e. The summed E-state index contributed by atoms with van der Waals surface area (Å²) in [5.41, 5.74) is 1.29. The van der Waals surface area contributed by atoms with E-state index in [1.807, 2.05) is 5.32 Å². The Morgan fingerprint density at radius 3 is 3.04 bits per heavy atom. The first-order chi connectivity index (χ1) is 14.3. The van der Waals surface area contributed by atoms with Crippen LogP contribution >= 0.6 is 0 Å². The third-order valence-electron chi connectivity index (χ3n) is 3.69. The van der Waals surface area contributed by atoms with Crippen LogP contribution in [0.15, 0.2) is 41.2 Å². The lowest BCUT2D eigenvalue weighted by Gasteiger charge is -2.15. The molecule has 9 heteroatoms. The maximum absolute atomic E-state index is 12.5. The molecule has 0 atom stereocenters. The van der Waals surface area contributed by atoms with Gasteiger partial charge in [-0.2, -0.15) is 4.98 Å². The molecule has 0 aliphatic heterocycles. The number of nitrogens with one attached hydrogen (secondary N) is 2. The Morgan fingerprint density at radius 1 is 1.37 bits per heavy atom. The fourth-order valence-electron chi connectivity index (χ4n) is 2.47. The number of carbonyl (C=O) groups excluding carboxylic acids is 1. The van der Waals surface area contributed by atoms with E-state index < -0.39 is 19.6 Å². The molecule has 2 aromatic heterocycles. The van der Waals surface area contributed by atoms with Crippen molar-refractivity contribution < 1.29 is 22.6 Å². The molecule has 0 fully saturated rings. The van der Waals surface area contributed by atoms with Gasteiger partial charge >= 0.3 is 0 Å². The predicted molar refractivity (Wildman–Crippen MR) is 96.9 cm³/mol. The van der Waals surface area contributed by atoms with Crippen LogP contribution in [0, 0.1) is 0 Å². The quantitative estimate of drug-likeness (QED) is 0.655. The average Bonchev–Trinajstić information content (AvgIpc) is 3.15. The lowest BCUT2D eigenvalue weighted by atomic mass is 10.1. The Labute approximate surface area is 159 Å². The first kappa shape index (κ1) is 14.7. The molecule has 0 aliphatic rings. The number of carbonyl (C=O) groups is 1. The number of aryl methyl sites for hydroxylation is 1. The summed E-state index contributed by atoms with van der Waals surface area (Å²) in [6.45, 7) is -3.26. The molecule has 27 heavy (non-hydrogen) atoms. The number of para-hydroxylation sites is 1. The van der Waals surface area contributed by atoms with Gasteiger partial charge in [0.1, 0.15) is 0 Å². The summed E-state index contributed by atoms with van der Waals surface area (Å²) in [7, 11) is 1.45. The summed E-state index contributed by atoms with van der Waals surface area (Å²) in [4.78, 5) is 20.4. The molecule has 8 nitrogen and oxygen atoms in total. The van der Waals surface area contributed by atoms with Gasteiger partial charge in [-0.15, -0.1) is 0 Å². The molecule has 140 valence electrons. The van der Waals surface area contributed by atoms with E-state index in [1.165, 1.54) is 25.6 Å². The standard InChI is InChI=1S/C18H18FN5O3/c1-20-18(25)12-10-21-9-7-13(12)22-14-5-3-4-11(16(14)26-2)17-23-15(6-8-19)27-24-17/h3-5,7,9-10H,6,8H2,1-2H3,(H,20,25)(H,21,22)/i1D3. The van der Waals surface area contributed by atoms with E-state index in [4.69, 9.17) is 13.4 Å². The molecule has 0 saturated carbocycles. The van der Waals surface area contributed by atoms with E-state index in [0.717, 1.165) is 0 Å². The van der Waals surface area contributed by atoms with E-state index in [1.54, 1.807) is 18.2 Å². The summed E-state index contributed by atoms with van der Waals surface area (Å²) in [5.74, 6) is -0.0847. The van der Waals surface area contributed by atoms with Crippen LogP contribution in [0.1, 0.15) is 20.4 Å². The molecule has 0 bridgehead atoms. The molecule has 1 amide bonds. The number of hydrogen-bond acceptors (Lipinski definition) is 7. The van der Waals surface area contributed by atoms with Crippen molar-refractivity contribution in [2.24, 2.45) is 0 Å².